The lowest BCUT2D eigenvalue weighted by atomic mass is 9.99. The van der Waals surface area contributed by atoms with E-state index < -0.39 is 0 Å². The van der Waals surface area contributed by atoms with Crippen molar-refractivity contribution in [3.63, 3.8) is 0 Å². The summed E-state index contributed by atoms with van der Waals surface area (Å²) < 4.78 is 5.70. The van der Waals surface area contributed by atoms with Gasteiger partial charge in [-0.3, -0.25) is 4.79 Å². The zero-order chi connectivity index (χ0) is 15.2. The highest BCUT2D eigenvalue weighted by atomic mass is 16.5. The standard InChI is InChI=1S/C19H21NO2/c21-19(18-9-5-2-6-10-18)20-11-12-22-15-17(14-20)13-16-7-3-1-4-8-16/h1-10,17H,11-15H2. The normalized spacial score (nSPS) is 18.7. The van der Waals surface area contributed by atoms with E-state index in [-0.39, 0.29) is 5.91 Å². The Labute approximate surface area is 131 Å². The van der Waals surface area contributed by atoms with Crippen molar-refractivity contribution < 1.29 is 9.53 Å². The predicted octanol–water partition coefficient (Wildman–Crippen LogP) is 3.02. The number of amides is 1. The number of ether oxygens (including phenoxy) is 1. The van der Waals surface area contributed by atoms with E-state index in [1.54, 1.807) is 0 Å². The van der Waals surface area contributed by atoms with E-state index in [0.29, 0.717) is 25.7 Å². The van der Waals surface area contributed by atoms with Crippen molar-refractivity contribution in [2.75, 3.05) is 26.3 Å². The molecule has 114 valence electrons. The van der Waals surface area contributed by atoms with Crippen LogP contribution in [-0.4, -0.2) is 37.1 Å². The molecule has 3 rings (SSSR count). The first-order valence-corrected chi connectivity index (χ1v) is 7.79. The Morgan fingerprint density at radius 2 is 1.73 bits per heavy atom. The highest BCUT2D eigenvalue weighted by Gasteiger charge is 2.23. The summed E-state index contributed by atoms with van der Waals surface area (Å²) in [6.07, 6.45) is 0.944. The summed E-state index contributed by atoms with van der Waals surface area (Å²) in [5, 5.41) is 0. The molecule has 0 saturated carbocycles. The lowest BCUT2D eigenvalue weighted by Gasteiger charge is -2.23. The maximum atomic E-state index is 12.6. The third-order valence-corrected chi connectivity index (χ3v) is 4.01. The largest absolute Gasteiger partial charge is 0.379 e. The van der Waals surface area contributed by atoms with Crippen molar-refractivity contribution in [2.24, 2.45) is 5.92 Å². The predicted molar refractivity (Wildman–Crippen MR) is 86.8 cm³/mol. The second-order valence-corrected chi connectivity index (χ2v) is 5.75. The minimum absolute atomic E-state index is 0.101. The summed E-state index contributed by atoms with van der Waals surface area (Å²) in [5.74, 6) is 0.446. The zero-order valence-corrected chi connectivity index (χ0v) is 12.7. The molecular weight excluding hydrogens is 274 g/mol. The average molecular weight is 295 g/mol. The minimum atomic E-state index is 0.101. The first-order chi connectivity index (χ1) is 10.8. The van der Waals surface area contributed by atoms with Crippen molar-refractivity contribution in [1.82, 2.24) is 4.90 Å². The summed E-state index contributed by atoms with van der Waals surface area (Å²) in [7, 11) is 0. The zero-order valence-electron chi connectivity index (χ0n) is 12.7. The average Bonchev–Trinajstić information content (AvgIpc) is 2.81. The second kappa shape index (κ2) is 7.23. The maximum absolute atomic E-state index is 12.6. The molecule has 22 heavy (non-hydrogen) atoms. The topological polar surface area (TPSA) is 29.5 Å². The number of hydrogen-bond donors (Lipinski definition) is 0. The first-order valence-electron chi connectivity index (χ1n) is 7.79. The van der Waals surface area contributed by atoms with Crippen LogP contribution in [0.3, 0.4) is 0 Å². The monoisotopic (exact) mass is 295 g/mol. The van der Waals surface area contributed by atoms with Gasteiger partial charge in [-0.25, -0.2) is 0 Å². The van der Waals surface area contributed by atoms with E-state index in [4.69, 9.17) is 4.74 Å². The van der Waals surface area contributed by atoms with Gasteiger partial charge in [0.2, 0.25) is 0 Å². The third kappa shape index (κ3) is 3.74. The molecule has 1 atom stereocenters. The molecule has 0 spiro atoms. The Bertz CT molecular complexity index is 597. The fourth-order valence-corrected chi connectivity index (χ4v) is 2.90. The first kappa shape index (κ1) is 14.8. The molecule has 1 amide bonds. The summed E-state index contributed by atoms with van der Waals surface area (Å²) >= 11 is 0. The number of carbonyl (C=O) groups excluding carboxylic acids is 1. The van der Waals surface area contributed by atoms with Gasteiger partial charge in [-0.1, -0.05) is 48.5 Å². The van der Waals surface area contributed by atoms with Crippen LogP contribution in [0.2, 0.25) is 0 Å². The molecule has 1 unspecified atom stereocenters. The van der Waals surface area contributed by atoms with Crippen LogP contribution in [0, 0.1) is 5.92 Å². The molecule has 1 fully saturated rings. The van der Waals surface area contributed by atoms with Crippen LogP contribution in [0.4, 0.5) is 0 Å². The highest BCUT2D eigenvalue weighted by molar-refractivity contribution is 5.94. The molecule has 3 nitrogen and oxygen atoms in total. The molecule has 1 heterocycles. The van der Waals surface area contributed by atoms with Crippen molar-refractivity contribution in [3.05, 3.63) is 71.8 Å². The van der Waals surface area contributed by atoms with Gasteiger partial charge in [0.1, 0.15) is 0 Å². The second-order valence-electron chi connectivity index (χ2n) is 5.75. The molecule has 0 N–H and O–H groups in total. The summed E-state index contributed by atoms with van der Waals surface area (Å²) in [5.41, 5.74) is 2.05. The molecule has 0 radical (unpaired) electrons. The molecule has 1 aliphatic heterocycles. The van der Waals surface area contributed by atoms with E-state index in [1.165, 1.54) is 5.56 Å². The summed E-state index contributed by atoms with van der Waals surface area (Å²) in [6.45, 7) is 2.75. The fourth-order valence-electron chi connectivity index (χ4n) is 2.90. The van der Waals surface area contributed by atoms with Crippen LogP contribution in [0.25, 0.3) is 0 Å². The Morgan fingerprint density at radius 3 is 2.45 bits per heavy atom. The number of rotatable bonds is 3. The van der Waals surface area contributed by atoms with Crippen LogP contribution in [0.15, 0.2) is 60.7 Å². The van der Waals surface area contributed by atoms with Gasteiger partial charge in [-0.05, 0) is 24.1 Å². The van der Waals surface area contributed by atoms with Gasteiger partial charge in [-0.15, -0.1) is 0 Å². The van der Waals surface area contributed by atoms with Gasteiger partial charge in [0.25, 0.3) is 5.91 Å². The van der Waals surface area contributed by atoms with Crippen molar-refractivity contribution in [3.8, 4) is 0 Å². The summed E-state index contributed by atoms with van der Waals surface area (Å²) in [6, 6.07) is 19.9. The van der Waals surface area contributed by atoms with Gasteiger partial charge in [-0.2, -0.15) is 0 Å². The van der Waals surface area contributed by atoms with Crippen LogP contribution in [0.5, 0.6) is 0 Å². The molecular formula is C19H21NO2. The lowest BCUT2D eigenvalue weighted by molar-refractivity contribution is 0.0737. The lowest BCUT2D eigenvalue weighted by Crippen LogP contribution is -2.36. The molecule has 3 heteroatoms. The van der Waals surface area contributed by atoms with Crippen LogP contribution in [-0.2, 0) is 11.2 Å². The van der Waals surface area contributed by atoms with E-state index in [2.05, 4.69) is 24.3 Å². The van der Waals surface area contributed by atoms with E-state index in [0.717, 1.165) is 18.5 Å². The Balaban J connectivity index is 1.69. The van der Waals surface area contributed by atoms with E-state index in [1.807, 2.05) is 41.3 Å². The van der Waals surface area contributed by atoms with Crippen molar-refractivity contribution in [2.45, 2.75) is 6.42 Å². The number of benzene rings is 2. The van der Waals surface area contributed by atoms with Crippen molar-refractivity contribution >= 4 is 5.91 Å². The minimum Gasteiger partial charge on any atom is -0.379 e. The van der Waals surface area contributed by atoms with Crippen LogP contribution >= 0.6 is 0 Å². The summed E-state index contributed by atoms with van der Waals surface area (Å²) in [4.78, 5) is 14.5. The molecule has 0 bridgehead atoms. The SMILES string of the molecule is O=C(c1ccccc1)N1CCOCC(Cc2ccccc2)C1. The van der Waals surface area contributed by atoms with Crippen LogP contribution < -0.4 is 0 Å². The molecule has 1 saturated heterocycles. The number of nitrogens with zero attached hydrogens (tertiary/aromatic N) is 1. The number of hydrogen-bond acceptors (Lipinski definition) is 2. The van der Waals surface area contributed by atoms with Gasteiger partial charge in [0, 0.05) is 24.6 Å². The van der Waals surface area contributed by atoms with Crippen LogP contribution in [0.1, 0.15) is 15.9 Å². The van der Waals surface area contributed by atoms with E-state index >= 15 is 0 Å². The Hall–Kier alpha value is -2.13. The molecule has 0 aliphatic carbocycles. The third-order valence-electron chi connectivity index (χ3n) is 4.01. The maximum Gasteiger partial charge on any atom is 0.253 e. The van der Waals surface area contributed by atoms with Gasteiger partial charge >= 0.3 is 0 Å². The Morgan fingerprint density at radius 1 is 1.05 bits per heavy atom. The van der Waals surface area contributed by atoms with Gasteiger partial charge in [0.15, 0.2) is 0 Å². The van der Waals surface area contributed by atoms with Gasteiger partial charge < -0.3 is 9.64 Å². The fraction of sp³-hybridized carbons (Fsp3) is 0.316. The molecule has 0 aromatic heterocycles. The smallest absolute Gasteiger partial charge is 0.253 e. The molecule has 2 aromatic carbocycles. The highest BCUT2D eigenvalue weighted by Crippen LogP contribution is 2.16. The van der Waals surface area contributed by atoms with Crippen molar-refractivity contribution in [1.29, 1.82) is 0 Å². The van der Waals surface area contributed by atoms with E-state index in [9.17, 15) is 4.79 Å². The Kier molecular flexibility index (Phi) is 4.86. The quantitative estimate of drug-likeness (QED) is 0.871. The molecule has 1 aliphatic rings. The number of carbonyl (C=O) groups is 1. The molecule has 2 aromatic rings. The van der Waals surface area contributed by atoms with Gasteiger partial charge in [0.05, 0.1) is 13.2 Å².